The highest BCUT2D eigenvalue weighted by Crippen LogP contribution is 2.10. The molecule has 2 aliphatic heterocycles. The number of carbonyl (C=O) groups excluding carboxylic acids is 2. The van der Waals surface area contributed by atoms with E-state index in [1.165, 1.54) is 0 Å². The maximum absolute atomic E-state index is 12.4. The molecule has 0 aromatic carbocycles. The standard InChI is InChI=1S/C16H25N5O3/c1-12-10-13(19-24-12)11-20-6-8-21(9-7-20)16(23)18-14-4-2-3-5-17-15(14)22/h10,14H,2-9,11H2,1H3,(H,17,22)(H,18,23). The Kier molecular flexibility index (Phi) is 5.34. The van der Waals surface area contributed by atoms with Gasteiger partial charge in [0.1, 0.15) is 11.8 Å². The number of hydrogen-bond acceptors (Lipinski definition) is 5. The first-order valence-corrected chi connectivity index (χ1v) is 8.59. The lowest BCUT2D eigenvalue weighted by Gasteiger charge is -2.34. The van der Waals surface area contributed by atoms with Gasteiger partial charge in [0.2, 0.25) is 5.91 Å². The Balaban J connectivity index is 1.45. The molecule has 0 spiro atoms. The lowest BCUT2D eigenvalue weighted by atomic mass is 10.1. The highest BCUT2D eigenvalue weighted by molar-refractivity contribution is 5.87. The molecule has 0 bridgehead atoms. The van der Waals surface area contributed by atoms with E-state index in [9.17, 15) is 9.59 Å². The van der Waals surface area contributed by atoms with Gasteiger partial charge in [-0.2, -0.15) is 0 Å². The van der Waals surface area contributed by atoms with E-state index in [1.54, 1.807) is 4.90 Å². The molecule has 3 amide bonds. The first-order chi connectivity index (χ1) is 11.6. The van der Waals surface area contributed by atoms with E-state index >= 15 is 0 Å². The Morgan fingerprint density at radius 1 is 1.38 bits per heavy atom. The first-order valence-electron chi connectivity index (χ1n) is 8.59. The molecule has 0 aliphatic carbocycles. The van der Waals surface area contributed by atoms with Gasteiger partial charge in [0.05, 0.1) is 5.69 Å². The molecule has 2 N–H and O–H groups in total. The average Bonchev–Trinajstić information content (AvgIpc) is 2.87. The van der Waals surface area contributed by atoms with Crippen molar-refractivity contribution in [2.24, 2.45) is 0 Å². The molecule has 3 heterocycles. The predicted molar refractivity (Wildman–Crippen MR) is 87.3 cm³/mol. The molecule has 132 valence electrons. The number of urea groups is 1. The van der Waals surface area contributed by atoms with Gasteiger partial charge < -0.3 is 20.1 Å². The number of aryl methyl sites for hydroxylation is 1. The number of nitrogens with one attached hydrogen (secondary N) is 2. The number of nitrogens with zero attached hydrogens (tertiary/aromatic N) is 3. The van der Waals surface area contributed by atoms with Crippen molar-refractivity contribution in [1.82, 2.24) is 25.6 Å². The van der Waals surface area contributed by atoms with Crippen molar-refractivity contribution < 1.29 is 14.1 Å². The fraction of sp³-hybridized carbons (Fsp3) is 0.688. The zero-order valence-electron chi connectivity index (χ0n) is 14.1. The Bertz CT molecular complexity index is 580. The van der Waals surface area contributed by atoms with Crippen LogP contribution in [0.25, 0.3) is 0 Å². The quantitative estimate of drug-likeness (QED) is 0.838. The highest BCUT2D eigenvalue weighted by atomic mass is 16.5. The highest BCUT2D eigenvalue weighted by Gasteiger charge is 2.27. The third-order valence-electron chi connectivity index (χ3n) is 4.55. The summed E-state index contributed by atoms with van der Waals surface area (Å²) in [6.45, 7) is 6.19. The number of carbonyl (C=O) groups is 2. The van der Waals surface area contributed by atoms with Gasteiger partial charge in [-0.05, 0) is 26.2 Å². The van der Waals surface area contributed by atoms with Crippen LogP contribution in [-0.4, -0.2) is 65.7 Å². The Hall–Kier alpha value is -2.09. The summed E-state index contributed by atoms with van der Waals surface area (Å²) in [5.74, 6) is 0.741. The number of aromatic nitrogens is 1. The molecule has 8 heteroatoms. The predicted octanol–water partition coefficient (Wildman–Crippen LogP) is 0.479. The van der Waals surface area contributed by atoms with Gasteiger partial charge in [-0.1, -0.05) is 5.16 Å². The summed E-state index contributed by atoms with van der Waals surface area (Å²) in [4.78, 5) is 28.3. The zero-order valence-corrected chi connectivity index (χ0v) is 14.1. The Morgan fingerprint density at radius 3 is 2.88 bits per heavy atom. The van der Waals surface area contributed by atoms with Crippen LogP contribution in [0.15, 0.2) is 10.6 Å². The third kappa shape index (κ3) is 4.25. The number of rotatable bonds is 3. The van der Waals surface area contributed by atoms with Crippen LogP contribution < -0.4 is 10.6 Å². The van der Waals surface area contributed by atoms with Crippen LogP contribution in [0, 0.1) is 6.92 Å². The normalized spacial score (nSPS) is 22.8. The summed E-state index contributed by atoms with van der Waals surface area (Å²) in [7, 11) is 0. The number of hydrogen-bond donors (Lipinski definition) is 2. The molecule has 1 unspecified atom stereocenters. The molecular formula is C16H25N5O3. The van der Waals surface area contributed by atoms with Gasteiger partial charge >= 0.3 is 6.03 Å². The minimum atomic E-state index is -0.406. The van der Waals surface area contributed by atoms with E-state index in [2.05, 4.69) is 20.7 Å². The van der Waals surface area contributed by atoms with Crippen molar-refractivity contribution in [3.8, 4) is 0 Å². The molecule has 0 radical (unpaired) electrons. The summed E-state index contributed by atoms with van der Waals surface area (Å²) in [5, 5.41) is 9.72. The largest absolute Gasteiger partial charge is 0.361 e. The lowest BCUT2D eigenvalue weighted by Crippen LogP contribution is -2.55. The number of amides is 3. The molecular weight excluding hydrogens is 310 g/mol. The van der Waals surface area contributed by atoms with Crippen molar-refractivity contribution >= 4 is 11.9 Å². The molecule has 1 atom stereocenters. The molecule has 2 fully saturated rings. The third-order valence-corrected chi connectivity index (χ3v) is 4.55. The fourth-order valence-electron chi connectivity index (χ4n) is 3.15. The second kappa shape index (κ2) is 7.65. The van der Waals surface area contributed by atoms with E-state index in [-0.39, 0.29) is 11.9 Å². The molecule has 0 saturated carbocycles. The molecule has 1 aromatic rings. The summed E-state index contributed by atoms with van der Waals surface area (Å²) in [6.07, 6.45) is 2.63. The molecule has 3 rings (SSSR count). The van der Waals surface area contributed by atoms with Crippen LogP contribution in [0.1, 0.15) is 30.7 Å². The number of piperazine rings is 1. The fourth-order valence-corrected chi connectivity index (χ4v) is 3.15. The van der Waals surface area contributed by atoms with Gasteiger partial charge in [-0.25, -0.2) is 4.79 Å². The van der Waals surface area contributed by atoms with Gasteiger partial charge in [0, 0.05) is 45.3 Å². The van der Waals surface area contributed by atoms with Crippen LogP contribution in [0.4, 0.5) is 4.79 Å². The maximum Gasteiger partial charge on any atom is 0.318 e. The Morgan fingerprint density at radius 2 is 2.17 bits per heavy atom. The van der Waals surface area contributed by atoms with Crippen molar-refractivity contribution in [2.45, 2.75) is 38.8 Å². The van der Waals surface area contributed by atoms with E-state index in [1.807, 2.05) is 13.0 Å². The Labute approximate surface area is 141 Å². The van der Waals surface area contributed by atoms with E-state index in [4.69, 9.17) is 4.52 Å². The van der Waals surface area contributed by atoms with Gasteiger partial charge in [-0.3, -0.25) is 9.69 Å². The average molecular weight is 335 g/mol. The zero-order chi connectivity index (χ0) is 16.9. The van der Waals surface area contributed by atoms with Crippen molar-refractivity contribution in [3.05, 3.63) is 17.5 Å². The van der Waals surface area contributed by atoms with Gasteiger partial charge in [0.25, 0.3) is 0 Å². The van der Waals surface area contributed by atoms with Crippen LogP contribution in [0.3, 0.4) is 0 Å². The molecule has 2 saturated heterocycles. The van der Waals surface area contributed by atoms with Crippen LogP contribution in [0.5, 0.6) is 0 Å². The van der Waals surface area contributed by atoms with E-state index in [0.29, 0.717) is 26.1 Å². The summed E-state index contributed by atoms with van der Waals surface area (Å²) < 4.78 is 5.08. The summed E-state index contributed by atoms with van der Waals surface area (Å²) in [5.41, 5.74) is 0.917. The van der Waals surface area contributed by atoms with Crippen molar-refractivity contribution in [1.29, 1.82) is 0 Å². The molecule has 8 nitrogen and oxygen atoms in total. The molecule has 2 aliphatic rings. The topological polar surface area (TPSA) is 90.7 Å². The lowest BCUT2D eigenvalue weighted by molar-refractivity contribution is -0.122. The van der Waals surface area contributed by atoms with E-state index < -0.39 is 6.04 Å². The summed E-state index contributed by atoms with van der Waals surface area (Å²) in [6, 6.07) is 1.38. The smallest absolute Gasteiger partial charge is 0.318 e. The van der Waals surface area contributed by atoms with Gasteiger partial charge in [-0.15, -0.1) is 0 Å². The minimum Gasteiger partial charge on any atom is -0.361 e. The second-order valence-corrected chi connectivity index (χ2v) is 6.48. The SMILES string of the molecule is Cc1cc(CN2CCN(C(=O)NC3CCCCNC3=O)CC2)no1. The second-order valence-electron chi connectivity index (χ2n) is 6.48. The molecule has 24 heavy (non-hydrogen) atoms. The monoisotopic (exact) mass is 335 g/mol. The molecule has 1 aromatic heterocycles. The van der Waals surface area contributed by atoms with Crippen LogP contribution >= 0.6 is 0 Å². The summed E-state index contributed by atoms with van der Waals surface area (Å²) >= 11 is 0. The van der Waals surface area contributed by atoms with Crippen molar-refractivity contribution in [3.63, 3.8) is 0 Å². The maximum atomic E-state index is 12.4. The van der Waals surface area contributed by atoms with Crippen LogP contribution in [0.2, 0.25) is 0 Å². The minimum absolute atomic E-state index is 0.0686. The van der Waals surface area contributed by atoms with Crippen LogP contribution in [-0.2, 0) is 11.3 Å². The van der Waals surface area contributed by atoms with Gasteiger partial charge in [0.15, 0.2) is 0 Å². The first kappa shape index (κ1) is 16.8. The van der Waals surface area contributed by atoms with Crippen molar-refractivity contribution in [2.75, 3.05) is 32.7 Å². The van der Waals surface area contributed by atoms with E-state index in [0.717, 1.165) is 43.9 Å².